The van der Waals surface area contributed by atoms with Crippen LogP contribution in [0.5, 0.6) is 0 Å². The highest BCUT2D eigenvalue weighted by Crippen LogP contribution is 2.43. The number of carbonyl (C=O) groups is 1. The zero-order valence-electron chi connectivity index (χ0n) is 23.3. The maximum atomic E-state index is 14.4. The summed E-state index contributed by atoms with van der Waals surface area (Å²) in [4.78, 5) is 16.9. The fourth-order valence-electron chi connectivity index (χ4n) is 6.69. The predicted molar refractivity (Wildman–Crippen MR) is 163 cm³/mol. The molecule has 6 heteroatoms. The molecule has 0 radical (unpaired) electrons. The first kappa shape index (κ1) is 27.4. The summed E-state index contributed by atoms with van der Waals surface area (Å²) in [6, 6.07) is 36.5. The monoisotopic (exact) mass is 564 g/mol. The van der Waals surface area contributed by atoms with Crippen molar-refractivity contribution in [1.82, 2.24) is 10.2 Å². The lowest BCUT2D eigenvalue weighted by atomic mass is 9.80. The SMILES string of the molecule is CS(=O)(=O)c1ccc(-c2ccccc2C2CNC[C@H]2C(=O)N2CC[C@@H](c3ccccc3)CC2c2ccccc2)cc1. The van der Waals surface area contributed by atoms with Crippen LogP contribution in [0.15, 0.2) is 114 Å². The van der Waals surface area contributed by atoms with E-state index in [1.165, 1.54) is 17.4 Å². The number of carbonyl (C=O) groups excluding carboxylic acids is 1. The molecule has 0 aliphatic carbocycles. The van der Waals surface area contributed by atoms with E-state index in [0.717, 1.165) is 42.6 Å². The van der Waals surface area contributed by atoms with Crippen LogP contribution in [0.2, 0.25) is 0 Å². The Morgan fingerprint density at radius 3 is 2.10 bits per heavy atom. The molecule has 0 aromatic heterocycles. The lowest BCUT2D eigenvalue weighted by molar-refractivity contribution is -0.139. The van der Waals surface area contributed by atoms with Crippen LogP contribution in [0, 0.1) is 5.92 Å². The second kappa shape index (κ2) is 11.6. The third kappa shape index (κ3) is 5.72. The van der Waals surface area contributed by atoms with Gasteiger partial charge in [0.1, 0.15) is 0 Å². The van der Waals surface area contributed by atoms with E-state index < -0.39 is 9.84 Å². The van der Waals surface area contributed by atoms with Gasteiger partial charge in [-0.05, 0) is 58.7 Å². The summed E-state index contributed by atoms with van der Waals surface area (Å²) in [7, 11) is -3.27. The number of hydrogen-bond acceptors (Lipinski definition) is 4. The van der Waals surface area contributed by atoms with E-state index in [-0.39, 0.29) is 23.8 Å². The van der Waals surface area contributed by atoms with E-state index in [2.05, 4.69) is 76.9 Å². The molecule has 0 bridgehead atoms. The predicted octanol–water partition coefficient (Wildman–Crippen LogP) is 6.21. The van der Waals surface area contributed by atoms with Crippen LogP contribution in [0.1, 0.15) is 47.4 Å². The Kier molecular flexibility index (Phi) is 7.78. The fraction of sp³-hybridized carbons (Fsp3) is 0.286. The van der Waals surface area contributed by atoms with Crippen molar-refractivity contribution in [3.05, 3.63) is 126 Å². The van der Waals surface area contributed by atoms with Crippen molar-refractivity contribution in [3.63, 3.8) is 0 Å². The van der Waals surface area contributed by atoms with E-state index in [1.54, 1.807) is 12.1 Å². The normalized spacial score (nSPS) is 22.9. The van der Waals surface area contributed by atoms with Gasteiger partial charge in [-0.25, -0.2) is 8.42 Å². The number of hydrogen-bond donors (Lipinski definition) is 1. The van der Waals surface area contributed by atoms with Crippen molar-refractivity contribution in [2.45, 2.75) is 35.6 Å². The smallest absolute Gasteiger partial charge is 0.228 e. The molecule has 4 aromatic rings. The number of likely N-dealkylation sites (tertiary alicyclic amines) is 1. The molecule has 2 fully saturated rings. The number of benzene rings is 4. The van der Waals surface area contributed by atoms with Gasteiger partial charge in [0.25, 0.3) is 0 Å². The molecule has 2 aliphatic rings. The van der Waals surface area contributed by atoms with Gasteiger partial charge in [-0.2, -0.15) is 0 Å². The van der Waals surface area contributed by atoms with Crippen molar-refractivity contribution < 1.29 is 13.2 Å². The van der Waals surface area contributed by atoms with Gasteiger partial charge in [-0.3, -0.25) is 4.79 Å². The van der Waals surface area contributed by atoms with Crippen LogP contribution in [0.4, 0.5) is 0 Å². The Bertz CT molecular complexity index is 1600. The second-order valence-corrected chi connectivity index (χ2v) is 13.4. The summed E-state index contributed by atoms with van der Waals surface area (Å²) in [6.45, 7) is 2.10. The minimum atomic E-state index is -3.27. The molecule has 5 nitrogen and oxygen atoms in total. The summed E-state index contributed by atoms with van der Waals surface area (Å²) < 4.78 is 24.0. The van der Waals surface area contributed by atoms with E-state index in [0.29, 0.717) is 17.4 Å². The average molecular weight is 565 g/mol. The van der Waals surface area contributed by atoms with Crippen LogP contribution in [-0.2, 0) is 14.6 Å². The van der Waals surface area contributed by atoms with Gasteiger partial charge in [0, 0.05) is 31.8 Å². The molecule has 41 heavy (non-hydrogen) atoms. The third-order valence-electron chi connectivity index (χ3n) is 8.83. The van der Waals surface area contributed by atoms with E-state index in [1.807, 2.05) is 30.3 Å². The molecule has 0 spiro atoms. The molecule has 2 unspecified atom stereocenters. The number of nitrogens with zero attached hydrogens (tertiary/aromatic N) is 1. The van der Waals surface area contributed by atoms with Crippen LogP contribution < -0.4 is 5.32 Å². The average Bonchev–Trinajstić information content (AvgIpc) is 3.51. The van der Waals surface area contributed by atoms with E-state index >= 15 is 0 Å². The molecule has 1 amide bonds. The van der Waals surface area contributed by atoms with Crippen LogP contribution in [0.3, 0.4) is 0 Å². The Labute approximate surface area is 243 Å². The first-order valence-corrected chi connectivity index (χ1v) is 16.3. The van der Waals surface area contributed by atoms with Crippen molar-refractivity contribution >= 4 is 15.7 Å². The second-order valence-electron chi connectivity index (χ2n) is 11.3. The summed E-state index contributed by atoms with van der Waals surface area (Å²) in [5.41, 5.74) is 5.66. The van der Waals surface area contributed by atoms with Crippen molar-refractivity contribution in [2.75, 3.05) is 25.9 Å². The highest BCUT2D eigenvalue weighted by atomic mass is 32.2. The molecule has 6 rings (SSSR count). The van der Waals surface area contributed by atoms with Gasteiger partial charge in [-0.1, -0.05) is 97.1 Å². The quantitative estimate of drug-likeness (QED) is 0.303. The van der Waals surface area contributed by atoms with Crippen LogP contribution >= 0.6 is 0 Å². The van der Waals surface area contributed by atoms with Crippen LogP contribution in [-0.4, -0.2) is 45.1 Å². The Morgan fingerprint density at radius 2 is 1.41 bits per heavy atom. The van der Waals surface area contributed by atoms with Crippen molar-refractivity contribution in [2.24, 2.45) is 5.92 Å². The minimum absolute atomic E-state index is 0.0246. The standard InChI is InChI=1S/C35H36N2O3S/c1-41(39,40)29-18-16-26(17-19-29)30-14-8-9-15-31(30)32-23-36-24-33(32)35(38)37-21-20-28(25-10-4-2-5-11-25)22-34(37)27-12-6-3-7-13-27/h2-19,28,32-34,36H,20-24H2,1H3/t28-,32?,33-,34?/m1/s1. The van der Waals surface area contributed by atoms with Crippen LogP contribution in [0.25, 0.3) is 11.1 Å². The minimum Gasteiger partial charge on any atom is -0.335 e. The molecule has 210 valence electrons. The van der Waals surface area contributed by atoms with Gasteiger partial charge >= 0.3 is 0 Å². The molecule has 2 saturated heterocycles. The van der Waals surface area contributed by atoms with Gasteiger partial charge in [0.2, 0.25) is 5.91 Å². The number of nitrogens with one attached hydrogen (secondary N) is 1. The lowest BCUT2D eigenvalue weighted by Gasteiger charge is -2.42. The molecule has 2 aliphatic heterocycles. The summed E-state index contributed by atoms with van der Waals surface area (Å²) in [6.07, 6.45) is 3.09. The first-order chi connectivity index (χ1) is 19.9. The maximum absolute atomic E-state index is 14.4. The molecule has 4 aromatic carbocycles. The zero-order chi connectivity index (χ0) is 28.4. The van der Waals surface area contributed by atoms with Gasteiger partial charge < -0.3 is 10.2 Å². The maximum Gasteiger partial charge on any atom is 0.228 e. The molecule has 4 atom stereocenters. The summed E-state index contributed by atoms with van der Waals surface area (Å²) in [5, 5.41) is 3.51. The first-order valence-electron chi connectivity index (χ1n) is 14.4. The molecular weight excluding hydrogens is 528 g/mol. The number of sulfone groups is 1. The zero-order valence-corrected chi connectivity index (χ0v) is 24.1. The highest BCUT2D eigenvalue weighted by molar-refractivity contribution is 7.90. The van der Waals surface area contributed by atoms with E-state index in [9.17, 15) is 13.2 Å². The largest absolute Gasteiger partial charge is 0.335 e. The third-order valence-corrected chi connectivity index (χ3v) is 9.95. The topological polar surface area (TPSA) is 66.5 Å². The Balaban J connectivity index is 1.30. The van der Waals surface area contributed by atoms with E-state index in [4.69, 9.17) is 0 Å². The number of rotatable bonds is 6. The molecule has 1 N–H and O–H groups in total. The molecule has 0 saturated carbocycles. The lowest BCUT2D eigenvalue weighted by Crippen LogP contribution is -2.45. The summed E-state index contributed by atoms with van der Waals surface area (Å²) >= 11 is 0. The highest BCUT2D eigenvalue weighted by Gasteiger charge is 2.41. The van der Waals surface area contributed by atoms with Crippen molar-refractivity contribution in [1.29, 1.82) is 0 Å². The number of piperidine rings is 1. The number of amides is 1. The Morgan fingerprint density at radius 1 is 0.780 bits per heavy atom. The molecule has 2 heterocycles. The van der Waals surface area contributed by atoms with Gasteiger partial charge in [0.15, 0.2) is 9.84 Å². The fourth-order valence-corrected chi connectivity index (χ4v) is 7.32. The van der Waals surface area contributed by atoms with Crippen molar-refractivity contribution in [3.8, 4) is 11.1 Å². The van der Waals surface area contributed by atoms with Gasteiger partial charge in [-0.15, -0.1) is 0 Å². The van der Waals surface area contributed by atoms with Gasteiger partial charge in [0.05, 0.1) is 16.9 Å². The molecular formula is C35H36N2O3S. The Hall–Kier alpha value is -3.74. The summed E-state index contributed by atoms with van der Waals surface area (Å²) in [5.74, 6) is 0.476.